The molecule has 6 heteroatoms. The van der Waals surface area contributed by atoms with Gasteiger partial charge in [0.15, 0.2) is 0 Å². The lowest BCUT2D eigenvalue weighted by molar-refractivity contribution is 0.0956. The Morgan fingerprint density at radius 1 is 1.10 bits per heavy atom. The van der Waals surface area contributed by atoms with Gasteiger partial charge in [-0.2, -0.15) is 5.10 Å². The molecule has 0 aliphatic heterocycles. The predicted octanol–water partition coefficient (Wildman–Crippen LogP) is 4.46. The van der Waals surface area contributed by atoms with Crippen molar-refractivity contribution in [3.8, 4) is 17.0 Å². The maximum absolute atomic E-state index is 12.9. The third-order valence-corrected chi connectivity index (χ3v) is 4.47. The summed E-state index contributed by atoms with van der Waals surface area (Å²) in [5.41, 5.74) is 6.20. The molecule has 0 saturated carbocycles. The highest BCUT2D eigenvalue weighted by molar-refractivity contribution is 6.07. The fourth-order valence-electron chi connectivity index (χ4n) is 3.10. The third kappa shape index (κ3) is 4.33. The lowest BCUT2D eigenvalue weighted by atomic mass is 10.0. The molecule has 0 radical (unpaired) electrons. The second-order valence-electron chi connectivity index (χ2n) is 6.52. The lowest BCUT2D eigenvalue weighted by Crippen LogP contribution is -2.18. The lowest BCUT2D eigenvalue weighted by Gasteiger charge is -2.10. The zero-order valence-electron chi connectivity index (χ0n) is 16.4. The first-order chi connectivity index (χ1) is 14.7. The van der Waals surface area contributed by atoms with Crippen LogP contribution < -0.4 is 10.2 Å². The van der Waals surface area contributed by atoms with E-state index in [1.54, 1.807) is 24.7 Å². The monoisotopic (exact) mass is 396 g/mol. The molecule has 0 saturated heterocycles. The number of hydrazone groups is 1. The first-order valence-corrected chi connectivity index (χ1v) is 9.61. The highest BCUT2D eigenvalue weighted by atomic mass is 16.5. The van der Waals surface area contributed by atoms with Gasteiger partial charge in [-0.25, -0.2) is 10.4 Å². The molecule has 4 aromatic rings. The molecule has 0 bridgehead atoms. The molecular weight excluding hydrogens is 376 g/mol. The number of ether oxygens (including phenoxy) is 1. The van der Waals surface area contributed by atoms with Crippen molar-refractivity contribution in [1.29, 1.82) is 0 Å². The van der Waals surface area contributed by atoms with E-state index in [9.17, 15) is 4.79 Å². The number of aromatic nitrogens is 2. The Balaban J connectivity index is 1.69. The minimum atomic E-state index is -0.309. The van der Waals surface area contributed by atoms with Gasteiger partial charge < -0.3 is 4.74 Å². The van der Waals surface area contributed by atoms with Crippen molar-refractivity contribution < 1.29 is 9.53 Å². The van der Waals surface area contributed by atoms with E-state index in [-0.39, 0.29) is 5.91 Å². The van der Waals surface area contributed by atoms with Gasteiger partial charge >= 0.3 is 0 Å². The van der Waals surface area contributed by atoms with Gasteiger partial charge in [0.25, 0.3) is 5.91 Å². The molecular formula is C24H20N4O2. The van der Waals surface area contributed by atoms with Gasteiger partial charge in [0, 0.05) is 28.9 Å². The number of fused-ring (bicyclic) bond motifs is 1. The SMILES string of the molecule is CCOc1cccc(-c2cc(C(=O)NN=Cc3cccnc3)c3ccccc3n2)c1. The summed E-state index contributed by atoms with van der Waals surface area (Å²) in [4.78, 5) is 21.7. The first kappa shape index (κ1) is 19.3. The number of rotatable bonds is 6. The quantitative estimate of drug-likeness (QED) is 0.386. The van der Waals surface area contributed by atoms with Crippen molar-refractivity contribution in [3.63, 3.8) is 0 Å². The Morgan fingerprint density at radius 3 is 2.83 bits per heavy atom. The first-order valence-electron chi connectivity index (χ1n) is 9.61. The molecule has 148 valence electrons. The molecule has 0 fully saturated rings. The Morgan fingerprint density at radius 2 is 2.00 bits per heavy atom. The fraction of sp³-hybridized carbons (Fsp3) is 0.0833. The van der Waals surface area contributed by atoms with Gasteiger partial charge in [-0.1, -0.05) is 36.4 Å². The van der Waals surface area contributed by atoms with Crippen LogP contribution in [0.2, 0.25) is 0 Å². The number of hydrogen-bond acceptors (Lipinski definition) is 5. The van der Waals surface area contributed by atoms with Crippen molar-refractivity contribution in [2.45, 2.75) is 6.92 Å². The topological polar surface area (TPSA) is 76.5 Å². The Kier molecular flexibility index (Phi) is 5.75. The zero-order valence-corrected chi connectivity index (χ0v) is 16.4. The van der Waals surface area contributed by atoms with Crippen LogP contribution in [0.5, 0.6) is 5.75 Å². The van der Waals surface area contributed by atoms with Crippen LogP contribution in [0, 0.1) is 0 Å². The summed E-state index contributed by atoms with van der Waals surface area (Å²) in [6, 6.07) is 20.7. The van der Waals surface area contributed by atoms with Gasteiger partial charge in [-0.05, 0) is 37.3 Å². The third-order valence-electron chi connectivity index (χ3n) is 4.47. The molecule has 0 spiro atoms. The van der Waals surface area contributed by atoms with E-state index >= 15 is 0 Å². The summed E-state index contributed by atoms with van der Waals surface area (Å²) in [6.45, 7) is 2.52. The van der Waals surface area contributed by atoms with E-state index in [1.165, 1.54) is 0 Å². The van der Waals surface area contributed by atoms with E-state index in [0.29, 0.717) is 17.9 Å². The molecule has 6 nitrogen and oxygen atoms in total. The minimum Gasteiger partial charge on any atom is -0.494 e. The van der Waals surface area contributed by atoms with Crippen molar-refractivity contribution in [2.75, 3.05) is 6.61 Å². The molecule has 2 aromatic carbocycles. The average molecular weight is 396 g/mol. The zero-order chi connectivity index (χ0) is 20.8. The molecule has 0 unspecified atom stereocenters. The van der Waals surface area contributed by atoms with E-state index in [2.05, 4.69) is 15.5 Å². The maximum atomic E-state index is 12.9. The number of carbonyl (C=O) groups is 1. The summed E-state index contributed by atoms with van der Waals surface area (Å²) in [6.07, 6.45) is 4.91. The van der Waals surface area contributed by atoms with E-state index < -0.39 is 0 Å². The van der Waals surface area contributed by atoms with Crippen LogP contribution in [0.3, 0.4) is 0 Å². The van der Waals surface area contributed by atoms with Crippen LogP contribution in [0.15, 0.2) is 84.2 Å². The Hall–Kier alpha value is -4.06. The molecule has 0 atom stereocenters. The number of pyridine rings is 2. The van der Waals surface area contributed by atoms with Crippen LogP contribution in [0.4, 0.5) is 0 Å². The summed E-state index contributed by atoms with van der Waals surface area (Å²) in [5, 5.41) is 4.82. The molecule has 2 heterocycles. The maximum Gasteiger partial charge on any atom is 0.272 e. The van der Waals surface area contributed by atoms with E-state index in [4.69, 9.17) is 9.72 Å². The summed E-state index contributed by atoms with van der Waals surface area (Å²) >= 11 is 0. The molecule has 0 aliphatic carbocycles. The van der Waals surface area contributed by atoms with Gasteiger partial charge in [0.2, 0.25) is 0 Å². The summed E-state index contributed by atoms with van der Waals surface area (Å²) in [7, 11) is 0. The van der Waals surface area contributed by atoms with Gasteiger partial charge in [-0.15, -0.1) is 0 Å². The number of hydrogen-bond donors (Lipinski definition) is 1. The number of nitrogens with one attached hydrogen (secondary N) is 1. The van der Waals surface area contributed by atoms with Gasteiger partial charge in [0.1, 0.15) is 5.75 Å². The molecule has 4 rings (SSSR count). The Bertz CT molecular complexity index is 1210. The number of amides is 1. The van der Waals surface area contributed by atoms with Crippen LogP contribution in [-0.2, 0) is 0 Å². The number of nitrogens with zero attached hydrogens (tertiary/aromatic N) is 3. The van der Waals surface area contributed by atoms with Crippen LogP contribution in [0.25, 0.3) is 22.2 Å². The predicted molar refractivity (Wildman–Crippen MR) is 118 cm³/mol. The largest absolute Gasteiger partial charge is 0.494 e. The number of carbonyl (C=O) groups excluding carboxylic acids is 1. The number of benzene rings is 2. The van der Waals surface area contributed by atoms with Crippen molar-refractivity contribution >= 4 is 23.0 Å². The van der Waals surface area contributed by atoms with Gasteiger partial charge in [0.05, 0.1) is 29.6 Å². The molecule has 2 aromatic heterocycles. The number of para-hydroxylation sites is 1. The normalized spacial score (nSPS) is 11.0. The second kappa shape index (κ2) is 8.96. The molecule has 30 heavy (non-hydrogen) atoms. The van der Waals surface area contributed by atoms with Crippen molar-refractivity contribution in [2.24, 2.45) is 5.10 Å². The highest BCUT2D eigenvalue weighted by Crippen LogP contribution is 2.27. The molecule has 0 aliphatic rings. The van der Waals surface area contributed by atoms with Crippen molar-refractivity contribution in [1.82, 2.24) is 15.4 Å². The molecule has 1 amide bonds. The summed E-state index contributed by atoms with van der Waals surface area (Å²) in [5.74, 6) is 0.452. The van der Waals surface area contributed by atoms with E-state index in [1.807, 2.05) is 67.6 Å². The van der Waals surface area contributed by atoms with Crippen LogP contribution in [0.1, 0.15) is 22.8 Å². The fourth-order valence-corrected chi connectivity index (χ4v) is 3.10. The minimum absolute atomic E-state index is 0.309. The Labute approximate surface area is 174 Å². The standard InChI is InChI=1S/C24H20N4O2/c1-2-30-19-9-5-8-18(13-19)23-14-21(20-10-3-4-11-22(20)27-23)24(29)28-26-16-17-7-6-12-25-15-17/h3-16H,2H2,1H3,(H,28,29). The summed E-state index contributed by atoms with van der Waals surface area (Å²) < 4.78 is 5.60. The van der Waals surface area contributed by atoms with Gasteiger partial charge in [-0.3, -0.25) is 9.78 Å². The van der Waals surface area contributed by atoms with Crippen molar-refractivity contribution in [3.05, 3.63) is 90.3 Å². The molecule has 1 N–H and O–H groups in total. The van der Waals surface area contributed by atoms with Crippen LogP contribution in [-0.4, -0.2) is 28.7 Å². The average Bonchev–Trinajstić information content (AvgIpc) is 2.79. The van der Waals surface area contributed by atoms with Crippen LogP contribution >= 0.6 is 0 Å². The smallest absolute Gasteiger partial charge is 0.272 e. The highest BCUT2D eigenvalue weighted by Gasteiger charge is 2.14. The van der Waals surface area contributed by atoms with E-state index in [0.717, 1.165) is 27.8 Å². The second-order valence-corrected chi connectivity index (χ2v) is 6.52.